The lowest BCUT2D eigenvalue weighted by molar-refractivity contribution is -0.116. The summed E-state index contributed by atoms with van der Waals surface area (Å²) in [5.41, 5.74) is -0.498. The van der Waals surface area contributed by atoms with Gasteiger partial charge >= 0.3 is 0 Å². The second kappa shape index (κ2) is 8.13. The number of phenols is 3. The molecule has 1 saturated heterocycles. The molecule has 10 nitrogen and oxygen atoms in total. The van der Waals surface area contributed by atoms with Crippen molar-refractivity contribution in [2.24, 2.45) is 0 Å². The fraction of sp³-hybridized carbons (Fsp3) is 0.316. The van der Waals surface area contributed by atoms with Gasteiger partial charge in [-0.1, -0.05) is 0 Å². The number of rotatable bonds is 6. The molecule has 0 unspecified atom stereocenters. The Morgan fingerprint density at radius 2 is 1.69 bits per heavy atom. The molecule has 4 atom stereocenters. The highest BCUT2D eigenvalue weighted by Gasteiger charge is 2.44. The molecule has 1 fully saturated rings. The van der Waals surface area contributed by atoms with E-state index in [1.54, 1.807) is 0 Å². The van der Waals surface area contributed by atoms with Gasteiger partial charge in [-0.2, -0.15) is 0 Å². The van der Waals surface area contributed by atoms with Gasteiger partial charge in [0.05, 0.1) is 13.7 Å². The average molecular weight is 408 g/mol. The second-order valence-electron chi connectivity index (χ2n) is 6.41. The highest BCUT2D eigenvalue weighted by Crippen LogP contribution is 2.38. The van der Waals surface area contributed by atoms with Crippen LogP contribution in [0.3, 0.4) is 0 Å². The van der Waals surface area contributed by atoms with Gasteiger partial charge in [0.15, 0.2) is 0 Å². The molecular weight excluding hydrogens is 388 g/mol. The first kappa shape index (κ1) is 20.7. The minimum absolute atomic E-state index is 0.125. The first-order valence-electron chi connectivity index (χ1n) is 8.53. The molecule has 1 aliphatic rings. The number of hydrogen-bond acceptors (Lipinski definition) is 10. The topological polar surface area (TPSA) is 166 Å². The number of hydrogen-bond donors (Lipinski definition) is 6. The van der Waals surface area contributed by atoms with Crippen LogP contribution in [0, 0.1) is 0 Å². The highest BCUT2D eigenvalue weighted by molar-refractivity contribution is 6.13. The van der Waals surface area contributed by atoms with E-state index in [2.05, 4.69) is 0 Å². The van der Waals surface area contributed by atoms with E-state index < -0.39 is 42.7 Å². The van der Waals surface area contributed by atoms with Crippen molar-refractivity contribution in [1.29, 1.82) is 0 Å². The van der Waals surface area contributed by atoms with E-state index >= 15 is 0 Å². The first-order chi connectivity index (χ1) is 13.7. The summed E-state index contributed by atoms with van der Waals surface area (Å²) in [5.74, 6) is -2.19. The van der Waals surface area contributed by atoms with Crippen LogP contribution in [-0.2, 0) is 4.74 Å². The van der Waals surface area contributed by atoms with Gasteiger partial charge in [0.2, 0.25) is 12.1 Å². The largest absolute Gasteiger partial charge is 0.508 e. The third-order valence-corrected chi connectivity index (χ3v) is 4.42. The maximum Gasteiger partial charge on any atom is 0.229 e. The number of aliphatic hydroxyl groups excluding tert-OH is 3. The van der Waals surface area contributed by atoms with Gasteiger partial charge in [-0.05, 0) is 12.1 Å². The lowest BCUT2D eigenvalue weighted by Gasteiger charge is -2.20. The fourth-order valence-electron chi connectivity index (χ4n) is 2.97. The van der Waals surface area contributed by atoms with Gasteiger partial charge in [-0.3, -0.25) is 4.79 Å². The van der Waals surface area contributed by atoms with E-state index in [-0.39, 0.29) is 34.1 Å². The van der Waals surface area contributed by atoms with Crippen LogP contribution >= 0.6 is 0 Å². The van der Waals surface area contributed by atoms with E-state index in [0.29, 0.717) is 0 Å². The molecule has 10 heteroatoms. The smallest absolute Gasteiger partial charge is 0.229 e. The Balaban J connectivity index is 2.02. The third kappa shape index (κ3) is 4.05. The van der Waals surface area contributed by atoms with E-state index in [9.17, 15) is 35.4 Å². The molecule has 0 radical (unpaired) electrons. The minimum Gasteiger partial charge on any atom is -0.508 e. The van der Waals surface area contributed by atoms with Crippen LogP contribution in [0.1, 0.15) is 15.9 Å². The number of ketones is 1. The van der Waals surface area contributed by atoms with Crippen LogP contribution in [0.5, 0.6) is 28.7 Å². The Bertz CT molecular complexity index is 892. The zero-order valence-corrected chi connectivity index (χ0v) is 15.2. The van der Waals surface area contributed by atoms with Gasteiger partial charge < -0.3 is 44.8 Å². The molecule has 156 valence electrons. The summed E-state index contributed by atoms with van der Waals surface area (Å²) in [6.45, 7) is -0.574. The highest BCUT2D eigenvalue weighted by atomic mass is 16.7. The summed E-state index contributed by atoms with van der Waals surface area (Å²) >= 11 is 0. The molecule has 2 aromatic carbocycles. The fourth-order valence-corrected chi connectivity index (χ4v) is 2.97. The van der Waals surface area contributed by atoms with Crippen molar-refractivity contribution < 1.29 is 49.6 Å². The van der Waals surface area contributed by atoms with Gasteiger partial charge in [-0.25, -0.2) is 0 Å². The molecule has 6 N–H and O–H groups in total. The van der Waals surface area contributed by atoms with Gasteiger partial charge in [0, 0.05) is 23.8 Å². The SMILES string of the molecule is COc1cc(O)c(C(=O)c2cc(O)cc(O)c2)c(O[C@@H]2O[C@H](CO)[C@@H](O)[C@H]2O)c1. The molecule has 0 aliphatic carbocycles. The van der Waals surface area contributed by atoms with Crippen molar-refractivity contribution in [3.05, 3.63) is 41.5 Å². The number of carbonyl (C=O) groups excluding carboxylic acids is 1. The number of methoxy groups -OCH3 is 1. The van der Waals surface area contributed by atoms with Crippen LogP contribution in [0.4, 0.5) is 0 Å². The third-order valence-electron chi connectivity index (χ3n) is 4.42. The number of phenolic OH excluding ortho intramolecular Hbond substituents is 3. The van der Waals surface area contributed by atoms with Crippen LogP contribution in [0.25, 0.3) is 0 Å². The summed E-state index contributed by atoms with van der Waals surface area (Å²) in [4.78, 5) is 12.9. The molecule has 0 bridgehead atoms. The van der Waals surface area contributed by atoms with Crippen molar-refractivity contribution in [1.82, 2.24) is 0 Å². The molecular formula is C19H20O10. The quantitative estimate of drug-likeness (QED) is 0.354. The zero-order valence-electron chi connectivity index (χ0n) is 15.2. The molecule has 0 spiro atoms. The van der Waals surface area contributed by atoms with E-state index in [1.807, 2.05) is 0 Å². The molecule has 1 heterocycles. The molecule has 0 saturated carbocycles. The van der Waals surface area contributed by atoms with Crippen molar-refractivity contribution in [2.45, 2.75) is 24.6 Å². The maximum absolute atomic E-state index is 12.9. The summed E-state index contributed by atoms with van der Waals surface area (Å²) in [6.07, 6.45) is -5.51. The minimum atomic E-state index is -1.53. The van der Waals surface area contributed by atoms with E-state index in [1.165, 1.54) is 13.2 Å². The van der Waals surface area contributed by atoms with Crippen LogP contribution in [-0.4, -0.2) is 74.7 Å². The standard InChI is InChI=1S/C19H20O10/c1-27-11-5-12(23)15(16(24)8-2-9(21)4-10(22)3-8)13(6-11)28-19-18(26)17(25)14(7-20)29-19/h2-6,14,17-23,25-26H,7H2,1H3/t14-,17-,18-,19-/m1/s1. The molecule has 0 aromatic heterocycles. The summed E-state index contributed by atoms with van der Waals surface area (Å²) in [7, 11) is 1.32. The lowest BCUT2D eigenvalue weighted by atomic mass is 10.0. The van der Waals surface area contributed by atoms with Crippen LogP contribution in [0.15, 0.2) is 30.3 Å². The molecule has 1 aliphatic heterocycles. The van der Waals surface area contributed by atoms with Gasteiger partial charge in [0.1, 0.15) is 52.6 Å². The molecule has 2 aromatic rings. The molecule has 0 amide bonds. The number of aromatic hydroxyl groups is 3. The van der Waals surface area contributed by atoms with Crippen molar-refractivity contribution in [3.8, 4) is 28.7 Å². The first-order valence-corrected chi connectivity index (χ1v) is 8.53. The Morgan fingerprint density at radius 3 is 2.24 bits per heavy atom. The normalized spacial score (nSPS) is 23.7. The lowest BCUT2D eigenvalue weighted by Crippen LogP contribution is -2.35. The van der Waals surface area contributed by atoms with Crippen molar-refractivity contribution in [2.75, 3.05) is 13.7 Å². The number of ether oxygens (including phenoxy) is 3. The van der Waals surface area contributed by atoms with Crippen LogP contribution in [0.2, 0.25) is 0 Å². The number of aliphatic hydroxyl groups is 3. The Hall–Kier alpha value is -3.05. The van der Waals surface area contributed by atoms with Gasteiger partial charge in [0.25, 0.3) is 0 Å². The number of carbonyl (C=O) groups is 1. The second-order valence-corrected chi connectivity index (χ2v) is 6.41. The predicted molar refractivity (Wildman–Crippen MR) is 96.3 cm³/mol. The Kier molecular flexibility index (Phi) is 5.80. The molecule has 3 rings (SSSR count). The maximum atomic E-state index is 12.9. The van der Waals surface area contributed by atoms with Gasteiger partial charge in [-0.15, -0.1) is 0 Å². The van der Waals surface area contributed by atoms with E-state index in [0.717, 1.165) is 24.3 Å². The average Bonchev–Trinajstić information content (AvgIpc) is 2.94. The Morgan fingerprint density at radius 1 is 1.03 bits per heavy atom. The summed E-state index contributed by atoms with van der Waals surface area (Å²) in [5, 5.41) is 58.8. The summed E-state index contributed by atoms with van der Waals surface area (Å²) < 4.78 is 15.8. The molecule has 29 heavy (non-hydrogen) atoms. The monoisotopic (exact) mass is 408 g/mol. The zero-order chi connectivity index (χ0) is 21.3. The van der Waals surface area contributed by atoms with Crippen LogP contribution < -0.4 is 9.47 Å². The van der Waals surface area contributed by atoms with Crippen molar-refractivity contribution in [3.63, 3.8) is 0 Å². The van der Waals surface area contributed by atoms with Crippen molar-refractivity contribution >= 4 is 5.78 Å². The van der Waals surface area contributed by atoms with E-state index in [4.69, 9.17) is 14.2 Å². The number of benzene rings is 2. The summed E-state index contributed by atoms with van der Waals surface area (Å²) in [6, 6.07) is 5.61. The predicted octanol–water partition coefficient (Wildman–Crippen LogP) is -0.139. The Labute approximate surface area is 164 Å².